The summed E-state index contributed by atoms with van der Waals surface area (Å²) in [5.41, 5.74) is 8.69. The number of nitrogens with two attached hydrogens (primary N) is 1. The highest BCUT2D eigenvalue weighted by Gasteiger charge is 2.30. The molecule has 4 aromatic rings. The molecule has 0 saturated carbocycles. The van der Waals surface area contributed by atoms with E-state index in [0.717, 1.165) is 23.3 Å². The normalized spacial score (nSPS) is 12.0. The zero-order valence-electron chi connectivity index (χ0n) is 18.0. The number of hydrogen-bond donors (Lipinski definition) is 2. The van der Waals surface area contributed by atoms with Crippen molar-refractivity contribution in [2.75, 3.05) is 11.9 Å². The number of nitrogens with one attached hydrogen (secondary N) is 1. The molecule has 176 valence electrons. The van der Waals surface area contributed by atoms with Gasteiger partial charge in [0.1, 0.15) is 0 Å². The van der Waals surface area contributed by atoms with E-state index in [9.17, 15) is 13.2 Å². The van der Waals surface area contributed by atoms with Crippen molar-refractivity contribution >= 4 is 18.4 Å². The fourth-order valence-electron chi connectivity index (χ4n) is 3.48. The van der Waals surface area contributed by atoms with Gasteiger partial charge >= 0.3 is 6.18 Å². The Hall–Kier alpha value is -3.49. The lowest BCUT2D eigenvalue weighted by Crippen LogP contribution is -2.16. The number of anilines is 1. The monoisotopic (exact) mass is 485 g/mol. The van der Waals surface area contributed by atoms with Crippen LogP contribution in [0.4, 0.5) is 19.1 Å². The zero-order chi connectivity index (χ0) is 23.3. The summed E-state index contributed by atoms with van der Waals surface area (Å²) in [4.78, 5) is 13.0. The Morgan fingerprint density at radius 2 is 1.65 bits per heavy atom. The van der Waals surface area contributed by atoms with Crippen LogP contribution in [0.1, 0.15) is 23.6 Å². The van der Waals surface area contributed by atoms with Crippen LogP contribution in [0.15, 0.2) is 85.3 Å². The van der Waals surface area contributed by atoms with Crippen LogP contribution >= 0.6 is 12.4 Å². The molecule has 5 nitrogen and oxygen atoms in total. The van der Waals surface area contributed by atoms with Gasteiger partial charge in [-0.1, -0.05) is 42.5 Å². The molecule has 0 saturated heterocycles. The van der Waals surface area contributed by atoms with Crippen LogP contribution in [0.3, 0.4) is 0 Å². The largest absolute Gasteiger partial charge is 0.416 e. The highest BCUT2D eigenvalue weighted by Crippen LogP contribution is 2.35. The molecule has 0 aliphatic rings. The Morgan fingerprint density at radius 3 is 2.35 bits per heavy atom. The van der Waals surface area contributed by atoms with Gasteiger partial charge in [-0.15, -0.1) is 12.4 Å². The Balaban J connectivity index is 0.00000324. The second-order valence-corrected chi connectivity index (χ2v) is 7.50. The SMILES string of the molecule is Cl.NC(CCNc1ncc(-c2cccc(C(F)(F)F)c2)c(-c2ccncc2)n1)c1ccccc1. The van der Waals surface area contributed by atoms with Gasteiger partial charge in [0.15, 0.2) is 0 Å². The molecular weight excluding hydrogens is 463 g/mol. The summed E-state index contributed by atoms with van der Waals surface area (Å²) in [6.07, 6.45) is 0.983. The summed E-state index contributed by atoms with van der Waals surface area (Å²) in [6.45, 7) is 0.536. The molecule has 2 aromatic carbocycles. The fraction of sp³-hybridized carbons (Fsp3) is 0.160. The third-order valence-corrected chi connectivity index (χ3v) is 5.21. The second-order valence-electron chi connectivity index (χ2n) is 7.50. The van der Waals surface area contributed by atoms with E-state index < -0.39 is 11.7 Å². The third-order valence-electron chi connectivity index (χ3n) is 5.21. The van der Waals surface area contributed by atoms with E-state index in [2.05, 4.69) is 20.3 Å². The lowest BCUT2D eigenvalue weighted by atomic mass is 9.99. The molecule has 0 radical (unpaired) electrons. The average molecular weight is 486 g/mol. The molecule has 0 fully saturated rings. The van der Waals surface area contributed by atoms with E-state index in [1.165, 1.54) is 12.3 Å². The predicted octanol–water partition coefficient (Wildman–Crippen LogP) is 6.15. The molecule has 1 atom stereocenters. The lowest BCUT2D eigenvalue weighted by molar-refractivity contribution is -0.137. The predicted molar refractivity (Wildman–Crippen MR) is 129 cm³/mol. The second kappa shape index (κ2) is 11.1. The van der Waals surface area contributed by atoms with Crippen molar-refractivity contribution in [1.29, 1.82) is 0 Å². The van der Waals surface area contributed by atoms with Gasteiger partial charge in [0, 0.05) is 42.3 Å². The van der Waals surface area contributed by atoms with Crippen molar-refractivity contribution in [3.8, 4) is 22.4 Å². The van der Waals surface area contributed by atoms with E-state index in [-0.39, 0.29) is 18.4 Å². The quantitative estimate of drug-likeness (QED) is 0.328. The van der Waals surface area contributed by atoms with Crippen molar-refractivity contribution in [3.63, 3.8) is 0 Å². The van der Waals surface area contributed by atoms with E-state index in [1.54, 1.807) is 30.6 Å². The Labute approximate surface area is 201 Å². The molecule has 0 bridgehead atoms. The first-order chi connectivity index (χ1) is 15.9. The van der Waals surface area contributed by atoms with Crippen molar-refractivity contribution in [2.45, 2.75) is 18.6 Å². The van der Waals surface area contributed by atoms with Gasteiger partial charge in [-0.3, -0.25) is 4.98 Å². The summed E-state index contributed by atoms with van der Waals surface area (Å²) in [5.74, 6) is 0.373. The standard InChI is InChI=1S/C25H22F3N5.ClH/c26-25(27,28)20-8-4-7-19(15-20)21-16-32-24(33-23(21)18-9-12-30-13-10-18)31-14-11-22(29)17-5-2-1-3-6-17;/h1-10,12-13,15-16,22H,11,14,29H2,(H,31,32,33);1H. The van der Waals surface area contributed by atoms with Crippen LogP contribution in [-0.4, -0.2) is 21.5 Å². The van der Waals surface area contributed by atoms with Crippen LogP contribution in [-0.2, 0) is 6.18 Å². The summed E-state index contributed by atoms with van der Waals surface area (Å²) in [6, 6.07) is 18.3. The summed E-state index contributed by atoms with van der Waals surface area (Å²) in [5, 5.41) is 3.17. The highest BCUT2D eigenvalue weighted by atomic mass is 35.5. The van der Waals surface area contributed by atoms with Gasteiger partial charge < -0.3 is 11.1 Å². The Kier molecular flexibility index (Phi) is 8.20. The van der Waals surface area contributed by atoms with Gasteiger partial charge in [0.2, 0.25) is 5.95 Å². The molecular formula is C25H23ClF3N5. The number of hydrogen-bond acceptors (Lipinski definition) is 5. The number of halogens is 4. The van der Waals surface area contributed by atoms with Gasteiger partial charge in [0.05, 0.1) is 11.3 Å². The lowest BCUT2D eigenvalue weighted by Gasteiger charge is -2.15. The van der Waals surface area contributed by atoms with Gasteiger partial charge in [-0.2, -0.15) is 13.2 Å². The van der Waals surface area contributed by atoms with E-state index in [4.69, 9.17) is 5.73 Å². The molecule has 2 aromatic heterocycles. The topological polar surface area (TPSA) is 76.7 Å². The van der Waals surface area contributed by atoms with Crippen LogP contribution < -0.4 is 11.1 Å². The van der Waals surface area contributed by atoms with Crippen LogP contribution in [0.2, 0.25) is 0 Å². The van der Waals surface area contributed by atoms with E-state index >= 15 is 0 Å². The molecule has 4 rings (SSSR count). The van der Waals surface area contributed by atoms with Crippen molar-refractivity contribution in [2.24, 2.45) is 5.73 Å². The molecule has 0 spiro atoms. The average Bonchev–Trinajstić information content (AvgIpc) is 2.84. The number of aromatic nitrogens is 3. The first kappa shape index (κ1) is 25.1. The summed E-state index contributed by atoms with van der Waals surface area (Å²) < 4.78 is 39.7. The minimum Gasteiger partial charge on any atom is -0.354 e. The van der Waals surface area contributed by atoms with Gasteiger partial charge in [-0.25, -0.2) is 9.97 Å². The maximum atomic E-state index is 13.2. The van der Waals surface area contributed by atoms with Crippen molar-refractivity contribution < 1.29 is 13.2 Å². The zero-order valence-corrected chi connectivity index (χ0v) is 18.9. The molecule has 0 amide bonds. The molecule has 9 heteroatoms. The number of benzene rings is 2. The molecule has 3 N–H and O–H groups in total. The molecule has 2 heterocycles. The van der Waals surface area contributed by atoms with Crippen molar-refractivity contribution in [3.05, 3.63) is 96.4 Å². The molecule has 1 unspecified atom stereocenters. The van der Waals surface area contributed by atoms with Crippen LogP contribution in [0, 0.1) is 0 Å². The van der Waals surface area contributed by atoms with Crippen LogP contribution in [0.25, 0.3) is 22.4 Å². The third kappa shape index (κ3) is 6.09. The molecule has 0 aliphatic heterocycles. The summed E-state index contributed by atoms with van der Waals surface area (Å²) in [7, 11) is 0. The fourth-order valence-corrected chi connectivity index (χ4v) is 3.48. The highest BCUT2D eigenvalue weighted by molar-refractivity contribution is 5.85. The number of rotatable bonds is 7. The Bertz CT molecular complexity index is 1200. The van der Waals surface area contributed by atoms with Crippen LogP contribution in [0.5, 0.6) is 0 Å². The minimum atomic E-state index is -4.44. The number of pyridine rings is 1. The smallest absolute Gasteiger partial charge is 0.354 e. The number of alkyl halides is 3. The Morgan fingerprint density at radius 1 is 0.912 bits per heavy atom. The van der Waals surface area contributed by atoms with E-state index in [1.807, 2.05) is 30.3 Å². The molecule has 34 heavy (non-hydrogen) atoms. The first-order valence-electron chi connectivity index (χ1n) is 10.4. The maximum absolute atomic E-state index is 13.2. The van der Waals surface area contributed by atoms with Gasteiger partial charge in [-0.05, 0) is 41.8 Å². The molecule has 0 aliphatic carbocycles. The van der Waals surface area contributed by atoms with E-state index in [0.29, 0.717) is 35.7 Å². The minimum absolute atomic E-state index is 0. The first-order valence-corrected chi connectivity index (χ1v) is 10.4. The maximum Gasteiger partial charge on any atom is 0.416 e. The summed E-state index contributed by atoms with van der Waals surface area (Å²) >= 11 is 0. The van der Waals surface area contributed by atoms with Crippen molar-refractivity contribution in [1.82, 2.24) is 15.0 Å². The van der Waals surface area contributed by atoms with Gasteiger partial charge in [0.25, 0.3) is 0 Å². The number of nitrogens with zero attached hydrogens (tertiary/aromatic N) is 3.